The first-order valence-corrected chi connectivity index (χ1v) is 6.48. The highest BCUT2D eigenvalue weighted by atomic mass is 16.5. The highest BCUT2D eigenvalue weighted by Gasteiger charge is 2.33. The van der Waals surface area contributed by atoms with Crippen molar-refractivity contribution in [3.63, 3.8) is 0 Å². The van der Waals surface area contributed by atoms with E-state index in [1.807, 2.05) is 18.2 Å². The van der Waals surface area contributed by atoms with Crippen LogP contribution in [0.3, 0.4) is 0 Å². The number of benzene rings is 1. The van der Waals surface area contributed by atoms with Gasteiger partial charge in [-0.05, 0) is 30.9 Å². The number of hydrogen-bond donors (Lipinski definition) is 0. The summed E-state index contributed by atoms with van der Waals surface area (Å²) in [5.74, 6) is -0.529. The number of ether oxygens (including phenoxy) is 1. The molecule has 2 rings (SSSR count). The third-order valence-corrected chi connectivity index (χ3v) is 3.90. The number of hydrogen-bond acceptors (Lipinski definition) is 3. The second kappa shape index (κ2) is 5.43. The molecular weight excluding hydrogens is 242 g/mol. The maximum absolute atomic E-state index is 12.5. The van der Waals surface area contributed by atoms with Crippen LogP contribution < -0.4 is 0 Å². The van der Waals surface area contributed by atoms with E-state index in [1.165, 1.54) is 17.6 Å². The second-order valence-electron chi connectivity index (χ2n) is 4.94. The summed E-state index contributed by atoms with van der Waals surface area (Å²) >= 11 is 0. The molecule has 0 bridgehead atoms. The van der Waals surface area contributed by atoms with Crippen molar-refractivity contribution in [3.8, 4) is 0 Å². The molecular formula is C15H19NO3. The average molecular weight is 261 g/mol. The summed E-state index contributed by atoms with van der Waals surface area (Å²) in [5, 5.41) is 0. The van der Waals surface area contributed by atoms with E-state index < -0.39 is 6.04 Å². The predicted octanol–water partition coefficient (Wildman–Crippen LogP) is 1.74. The summed E-state index contributed by atoms with van der Waals surface area (Å²) < 4.78 is 4.68. The second-order valence-corrected chi connectivity index (χ2v) is 4.94. The van der Waals surface area contributed by atoms with E-state index in [1.54, 1.807) is 14.0 Å². The molecule has 102 valence electrons. The number of rotatable bonds is 3. The van der Waals surface area contributed by atoms with Crippen molar-refractivity contribution >= 4 is 11.9 Å². The van der Waals surface area contributed by atoms with Crippen molar-refractivity contribution in [3.05, 3.63) is 35.4 Å². The zero-order valence-electron chi connectivity index (χ0n) is 11.6. The molecule has 0 fully saturated rings. The minimum atomic E-state index is -0.551. The quantitative estimate of drug-likeness (QED) is 0.779. The van der Waals surface area contributed by atoms with Crippen LogP contribution in [0.25, 0.3) is 0 Å². The van der Waals surface area contributed by atoms with Crippen LogP contribution in [0.15, 0.2) is 24.3 Å². The standard InChI is InChI=1S/C15H19NO3/c1-10(15(18)19-3)16(2)14(17)13-9-8-11-6-4-5-7-12(11)13/h4-7,10,13H,8-9H2,1-3H3/t10-,13+/m0/s1. The van der Waals surface area contributed by atoms with Gasteiger partial charge in [0.25, 0.3) is 0 Å². The van der Waals surface area contributed by atoms with E-state index >= 15 is 0 Å². The number of methoxy groups -OCH3 is 1. The number of fused-ring (bicyclic) bond motifs is 1. The van der Waals surface area contributed by atoms with E-state index in [-0.39, 0.29) is 17.8 Å². The lowest BCUT2D eigenvalue weighted by Crippen LogP contribution is -2.42. The van der Waals surface area contributed by atoms with Gasteiger partial charge in [0.05, 0.1) is 13.0 Å². The molecule has 19 heavy (non-hydrogen) atoms. The first-order chi connectivity index (χ1) is 9.06. The first-order valence-electron chi connectivity index (χ1n) is 6.48. The molecule has 1 aliphatic rings. The average Bonchev–Trinajstić information content (AvgIpc) is 2.87. The lowest BCUT2D eigenvalue weighted by atomic mass is 9.99. The third-order valence-electron chi connectivity index (χ3n) is 3.90. The summed E-state index contributed by atoms with van der Waals surface area (Å²) in [6.45, 7) is 1.69. The lowest BCUT2D eigenvalue weighted by Gasteiger charge is -2.26. The van der Waals surface area contributed by atoms with Gasteiger partial charge >= 0.3 is 5.97 Å². The van der Waals surface area contributed by atoms with Crippen LogP contribution in [-0.4, -0.2) is 37.0 Å². The van der Waals surface area contributed by atoms with E-state index in [0.29, 0.717) is 0 Å². The predicted molar refractivity (Wildman–Crippen MR) is 71.8 cm³/mol. The fourth-order valence-electron chi connectivity index (χ4n) is 2.58. The Labute approximate surface area is 113 Å². The zero-order valence-corrected chi connectivity index (χ0v) is 11.6. The molecule has 2 atom stereocenters. The van der Waals surface area contributed by atoms with Gasteiger partial charge in [-0.2, -0.15) is 0 Å². The normalized spacial score (nSPS) is 18.6. The maximum atomic E-state index is 12.5. The fourth-order valence-corrected chi connectivity index (χ4v) is 2.58. The minimum absolute atomic E-state index is 0.0112. The molecule has 1 aromatic carbocycles. The molecule has 0 heterocycles. The van der Waals surface area contributed by atoms with Crippen LogP contribution in [0.5, 0.6) is 0 Å². The highest BCUT2D eigenvalue weighted by Crippen LogP contribution is 2.34. The maximum Gasteiger partial charge on any atom is 0.328 e. The molecule has 0 aromatic heterocycles. The minimum Gasteiger partial charge on any atom is -0.467 e. The molecule has 1 amide bonds. The molecule has 0 radical (unpaired) electrons. The van der Waals surface area contributed by atoms with Crippen LogP contribution >= 0.6 is 0 Å². The molecule has 0 saturated carbocycles. The van der Waals surface area contributed by atoms with E-state index in [0.717, 1.165) is 18.4 Å². The third kappa shape index (κ3) is 2.48. The van der Waals surface area contributed by atoms with Crippen molar-refractivity contribution in [1.82, 2.24) is 4.90 Å². The topological polar surface area (TPSA) is 46.6 Å². The number of amides is 1. The van der Waals surface area contributed by atoms with Gasteiger partial charge in [0.15, 0.2) is 0 Å². The smallest absolute Gasteiger partial charge is 0.328 e. The highest BCUT2D eigenvalue weighted by molar-refractivity contribution is 5.89. The molecule has 0 saturated heterocycles. The Morgan fingerprint density at radius 3 is 2.74 bits per heavy atom. The molecule has 1 aromatic rings. The number of likely N-dealkylation sites (N-methyl/N-ethyl adjacent to an activating group) is 1. The molecule has 0 unspecified atom stereocenters. The zero-order chi connectivity index (χ0) is 14.0. The van der Waals surface area contributed by atoms with Gasteiger partial charge in [-0.15, -0.1) is 0 Å². The Kier molecular flexibility index (Phi) is 3.88. The van der Waals surface area contributed by atoms with Gasteiger partial charge in [-0.3, -0.25) is 4.79 Å². The SMILES string of the molecule is COC(=O)[C@H](C)N(C)C(=O)[C@@H]1CCc2ccccc21. The van der Waals surface area contributed by atoms with Gasteiger partial charge in [0, 0.05) is 7.05 Å². The number of carbonyl (C=O) groups is 2. The number of aryl methyl sites for hydroxylation is 1. The number of carbonyl (C=O) groups excluding carboxylic acids is 2. The lowest BCUT2D eigenvalue weighted by molar-refractivity contribution is -0.151. The van der Waals surface area contributed by atoms with Gasteiger partial charge in [0.2, 0.25) is 5.91 Å². The fraction of sp³-hybridized carbons (Fsp3) is 0.467. The summed E-state index contributed by atoms with van der Waals surface area (Å²) in [4.78, 5) is 25.5. The summed E-state index contributed by atoms with van der Waals surface area (Å²) in [7, 11) is 2.99. The van der Waals surface area contributed by atoms with E-state index in [2.05, 4.69) is 10.8 Å². The Balaban J connectivity index is 2.16. The van der Waals surface area contributed by atoms with Crippen LogP contribution in [0.4, 0.5) is 0 Å². The summed E-state index contributed by atoms with van der Waals surface area (Å²) in [6, 6.07) is 7.46. The molecule has 4 heteroatoms. The van der Waals surface area contributed by atoms with Crippen LogP contribution in [0.1, 0.15) is 30.4 Å². The van der Waals surface area contributed by atoms with Crippen molar-refractivity contribution in [2.45, 2.75) is 31.7 Å². The van der Waals surface area contributed by atoms with Crippen molar-refractivity contribution in [2.24, 2.45) is 0 Å². The van der Waals surface area contributed by atoms with E-state index in [4.69, 9.17) is 0 Å². The Hall–Kier alpha value is -1.84. The molecule has 4 nitrogen and oxygen atoms in total. The first kappa shape index (κ1) is 13.6. The van der Waals surface area contributed by atoms with Gasteiger partial charge in [-0.1, -0.05) is 24.3 Å². The molecule has 0 N–H and O–H groups in total. The van der Waals surface area contributed by atoms with Crippen LogP contribution in [0, 0.1) is 0 Å². The Morgan fingerprint density at radius 2 is 2.05 bits per heavy atom. The largest absolute Gasteiger partial charge is 0.467 e. The van der Waals surface area contributed by atoms with Gasteiger partial charge in [-0.25, -0.2) is 4.79 Å². The van der Waals surface area contributed by atoms with Crippen molar-refractivity contribution in [2.75, 3.05) is 14.2 Å². The molecule has 0 spiro atoms. The van der Waals surface area contributed by atoms with Crippen molar-refractivity contribution < 1.29 is 14.3 Å². The van der Waals surface area contributed by atoms with Crippen molar-refractivity contribution in [1.29, 1.82) is 0 Å². The monoisotopic (exact) mass is 261 g/mol. The van der Waals surface area contributed by atoms with Gasteiger partial charge < -0.3 is 9.64 Å². The molecule has 0 aliphatic heterocycles. The van der Waals surface area contributed by atoms with E-state index in [9.17, 15) is 9.59 Å². The van der Waals surface area contributed by atoms with Crippen LogP contribution in [-0.2, 0) is 20.7 Å². The number of nitrogens with zero attached hydrogens (tertiary/aromatic N) is 1. The summed E-state index contributed by atoms with van der Waals surface area (Å²) in [5.41, 5.74) is 2.33. The van der Waals surface area contributed by atoms with Gasteiger partial charge in [0.1, 0.15) is 6.04 Å². The number of esters is 1. The Bertz CT molecular complexity index is 498. The Morgan fingerprint density at radius 1 is 1.37 bits per heavy atom. The molecule has 1 aliphatic carbocycles. The van der Waals surface area contributed by atoms with Crippen LogP contribution in [0.2, 0.25) is 0 Å². The summed E-state index contributed by atoms with van der Waals surface area (Å²) in [6.07, 6.45) is 1.74.